The smallest absolute Gasteiger partial charge is 0.340 e. The zero-order chi connectivity index (χ0) is 24.4. The molecule has 2 atom stereocenters. The van der Waals surface area contributed by atoms with Crippen LogP contribution in [0, 0.1) is 17.3 Å². The topological polar surface area (TPSA) is 54.3 Å². The van der Waals surface area contributed by atoms with E-state index in [9.17, 15) is 18.0 Å². The number of carbonyl (C=O) groups is 1. The molecule has 0 spiro atoms. The maximum Gasteiger partial charge on any atom is 0.416 e. The second kappa shape index (κ2) is 8.30. The van der Waals surface area contributed by atoms with Crippen molar-refractivity contribution in [3.8, 4) is 0 Å². The van der Waals surface area contributed by atoms with Crippen LogP contribution in [-0.4, -0.2) is 56.7 Å². The van der Waals surface area contributed by atoms with E-state index in [1.807, 2.05) is 15.9 Å². The van der Waals surface area contributed by atoms with Crippen molar-refractivity contribution in [1.29, 1.82) is 0 Å². The Balaban J connectivity index is 1.14. The van der Waals surface area contributed by atoms with Crippen LogP contribution in [0.5, 0.6) is 0 Å². The third-order valence-electron chi connectivity index (χ3n) is 8.75. The van der Waals surface area contributed by atoms with Crippen LogP contribution in [0.3, 0.4) is 0 Å². The van der Waals surface area contributed by atoms with Crippen LogP contribution in [0.15, 0.2) is 35.3 Å². The number of benzene rings is 1. The molecule has 6 nitrogen and oxygen atoms in total. The molecule has 4 saturated carbocycles. The highest BCUT2D eigenvalue weighted by Gasteiger charge is 2.62. The quantitative estimate of drug-likeness (QED) is 0.552. The van der Waals surface area contributed by atoms with E-state index in [0.717, 1.165) is 38.2 Å². The van der Waals surface area contributed by atoms with E-state index in [2.05, 4.69) is 30.9 Å². The maximum absolute atomic E-state index is 14.0. The molecule has 5 aliphatic rings. The van der Waals surface area contributed by atoms with Crippen LogP contribution in [0.4, 0.5) is 13.2 Å². The standard InChI is InChI=1S/C25H29BrF3N5O/c26-22-30-16-34(31-22)24-12-18-8-19(13-24)11-23(10-18,15-24)21(35)33-6-4-32(5-7-33)14-17-2-1-3-20(9-17)25(27,28)29/h1-3,9,16,18-19H,4-8,10-15H2. The first-order chi connectivity index (χ1) is 16.6. The molecule has 7 rings (SSSR count). The molecule has 0 radical (unpaired) electrons. The lowest BCUT2D eigenvalue weighted by molar-refractivity contribution is -0.168. The first-order valence-corrected chi connectivity index (χ1v) is 13.2. The van der Waals surface area contributed by atoms with Crippen molar-refractivity contribution in [1.82, 2.24) is 24.6 Å². The first-order valence-electron chi connectivity index (χ1n) is 12.4. The number of rotatable bonds is 4. The number of nitrogens with zero attached hydrogens (tertiary/aromatic N) is 5. The summed E-state index contributed by atoms with van der Waals surface area (Å²) in [5.41, 5.74) is -0.406. The van der Waals surface area contributed by atoms with Gasteiger partial charge in [0.05, 0.1) is 16.5 Å². The van der Waals surface area contributed by atoms with E-state index in [1.54, 1.807) is 6.07 Å². The lowest BCUT2D eigenvalue weighted by Crippen LogP contribution is -2.62. The largest absolute Gasteiger partial charge is 0.416 e. The van der Waals surface area contributed by atoms with E-state index >= 15 is 0 Å². The molecule has 1 amide bonds. The summed E-state index contributed by atoms with van der Waals surface area (Å²) in [6.07, 6.45) is 3.57. The van der Waals surface area contributed by atoms with Gasteiger partial charge < -0.3 is 4.90 Å². The number of amides is 1. The molecule has 1 aromatic heterocycles. The Hall–Kier alpha value is -1.94. The molecular formula is C25H29BrF3N5O. The van der Waals surface area contributed by atoms with Crippen molar-refractivity contribution in [2.24, 2.45) is 17.3 Å². The fourth-order valence-electron chi connectivity index (χ4n) is 7.75. The fourth-order valence-corrected chi connectivity index (χ4v) is 8.01. The van der Waals surface area contributed by atoms with Crippen molar-refractivity contribution < 1.29 is 18.0 Å². The van der Waals surface area contributed by atoms with Crippen LogP contribution < -0.4 is 0 Å². The monoisotopic (exact) mass is 551 g/mol. The number of carbonyl (C=O) groups excluding carboxylic acids is 1. The van der Waals surface area contributed by atoms with E-state index < -0.39 is 11.7 Å². The minimum atomic E-state index is -4.33. The Morgan fingerprint density at radius 3 is 2.43 bits per heavy atom. The summed E-state index contributed by atoms with van der Waals surface area (Å²) in [5, 5.41) is 4.59. The lowest BCUT2D eigenvalue weighted by atomic mass is 9.46. The van der Waals surface area contributed by atoms with E-state index in [-0.39, 0.29) is 16.9 Å². The average Bonchev–Trinajstić information content (AvgIpc) is 3.25. The highest BCUT2D eigenvalue weighted by Crippen LogP contribution is 2.64. The van der Waals surface area contributed by atoms with Gasteiger partial charge in [0, 0.05) is 32.7 Å². The Morgan fingerprint density at radius 2 is 1.80 bits per heavy atom. The Bertz CT molecular complexity index is 1110. The number of aromatic nitrogens is 3. The molecule has 2 aromatic rings. The molecule has 2 heterocycles. The minimum absolute atomic E-state index is 0.121. The average molecular weight is 552 g/mol. The van der Waals surface area contributed by atoms with Gasteiger partial charge in [0.2, 0.25) is 10.6 Å². The molecule has 1 saturated heterocycles. The third kappa shape index (κ3) is 4.20. The molecule has 188 valence electrons. The van der Waals surface area contributed by atoms with Gasteiger partial charge in [-0.15, -0.1) is 5.10 Å². The third-order valence-corrected chi connectivity index (χ3v) is 9.12. The van der Waals surface area contributed by atoms with Gasteiger partial charge in [-0.2, -0.15) is 13.2 Å². The van der Waals surface area contributed by atoms with Gasteiger partial charge in [0.1, 0.15) is 6.33 Å². The summed E-state index contributed by atoms with van der Waals surface area (Å²) in [5.74, 6) is 1.37. The van der Waals surface area contributed by atoms with Crippen LogP contribution in [0.25, 0.3) is 0 Å². The SMILES string of the molecule is O=C(N1CCN(Cc2cccc(C(F)(F)F)c2)CC1)C12CC3CC(C1)CC(n1cnc(Br)n1)(C3)C2. The Kier molecular flexibility index (Phi) is 5.56. The summed E-state index contributed by atoms with van der Waals surface area (Å²) in [7, 11) is 0. The van der Waals surface area contributed by atoms with Gasteiger partial charge in [-0.3, -0.25) is 9.69 Å². The molecule has 5 fully saturated rings. The first kappa shape index (κ1) is 23.5. The van der Waals surface area contributed by atoms with E-state index in [4.69, 9.17) is 0 Å². The number of hydrogen-bond donors (Lipinski definition) is 0. The van der Waals surface area contributed by atoms with Crippen LogP contribution in [0.1, 0.15) is 49.7 Å². The van der Waals surface area contributed by atoms with Crippen molar-refractivity contribution in [2.45, 2.75) is 56.8 Å². The van der Waals surface area contributed by atoms with Crippen LogP contribution >= 0.6 is 15.9 Å². The van der Waals surface area contributed by atoms with Crippen molar-refractivity contribution >= 4 is 21.8 Å². The number of piperazine rings is 1. The van der Waals surface area contributed by atoms with Gasteiger partial charge in [-0.05, 0) is 77.9 Å². The molecule has 1 aliphatic heterocycles. The van der Waals surface area contributed by atoms with E-state index in [1.165, 1.54) is 18.6 Å². The fraction of sp³-hybridized carbons (Fsp3) is 0.640. The number of alkyl halides is 3. The predicted molar refractivity (Wildman–Crippen MR) is 126 cm³/mol. The second-order valence-electron chi connectivity index (χ2n) is 11.2. The normalized spacial score (nSPS) is 32.9. The van der Waals surface area contributed by atoms with Gasteiger partial charge >= 0.3 is 6.18 Å². The summed E-state index contributed by atoms with van der Waals surface area (Å²) in [6, 6.07) is 5.55. The summed E-state index contributed by atoms with van der Waals surface area (Å²) in [6.45, 7) is 3.05. The zero-order valence-electron chi connectivity index (χ0n) is 19.5. The lowest BCUT2D eigenvalue weighted by Gasteiger charge is -2.61. The van der Waals surface area contributed by atoms with Gasteiger partial charge in [0.15, 0.2) is 0 Å². The van der Waals surface area contributed by atoms with Gasteiger partial charge in [0.25, 0.3) is 0 Å². The van der Waals surface area contributed by atoms with Crippen LogP contribution in [-0.2, 0) is 23.1 Å². The second-order valence-corrected chi connectivity index (χ2v) is 11.9. The molecule has 10 heteroatoms. The van der Waals surface area contributed by atoms with Gasteiger partial charge in [-0.25, -0.2) is 9.67 Å². The van der Waals surface area contributed by atoms with Crippen molar-refractivity contribution in [2.75, 3.05) is 26.2 Å². The number of halogens is 4. The zero-order valence-corrected chi connectivity index (χ0v) is 21.1. The summed E-state index contributed by atoms with van der Waals surface area (Å²) >= 11 is 3.38. The molecule has 35 heavy (non-hydrogen) atoms. The maximum atomic E-state index is 14.0. The summed E-state index contributed by atoms with van der Waals surface area (Å²) in [4.78, 5) is 22.4. The highest BCUT2D eigenvalue weighted by molar-refractivity contribution is 9.10. The molecule has 0 N–H and O–H groups in total. The summed E-state index contributed by atoms with van der Waals surface area (Å²) < 4.78 is 41.8. The van der Waals surface area contributed by atoms with Gasteiger partial charge in [-0.1, -0.05) is 18.2 Å². The Morgan fingerprint density at radius 1 is 1.09 bits per heavy atom. The highest BCUT2D eigenvalue weighted by atomic mass is 79.9. The minimum Gasteiger partial charge on any atom is -0.340 e. The molecule has 1 aromatic carbocycles. The van der Waals surface area contributed by atoms with Crippen LogP contribution in [0.2, 0.25) is 0 Å². The Labute approximate surface area is 211 Å². The molecule has 2 unspecified atom stereocenters. The molecular weight excluding hydrogens is 523 g/mol. The van der Waals surface area contributed by atoms with E-state index in [0.29, 0.717) is 54.9 Å². The molecule has 4 aliphatic carbocycles. The predicted octanol–water partition coefficient (Wildman–Crippen LogP) is 4.70. The van der Waals surface area contributed by atoms with Crippen molar-refractivity contribution in [3.63, 3.8) is 0 Å². The molecule has 4 bridgehead atoms. The number of hydrogen-bond acceptors (Lipinski definition) is 4. The van der Waals surface area contributed by atoms with Crippen molar-refractivity contribution in [3.05, 3.63) is 46.5 Å².